The molecule has 0 bridgehead atoms. The molecule has 0 aliphatic carbocycles. The van der Waals surface area contributed by atoms with Crippen LogP contribution < -0.4 is 0 Å². The van der Waals surface area contributed by atoms with E-state index in [1.165, 1.54) is 128 Å². The van der Waals surface area contributed by atoms with Crippen molar-refractivity contribution >= 4 is 0 Å². The van der Waals surface area contributed by atoms with Crippen molar-refractivity contribution in [3.05, 3.63) is 0 Å². The average molecular weight is 385 g/mol. The molecule has 0 spiro atoms. The first-order valence-corrected chi connectivity index (χ1v) is 12.4. The highest BCUT2D eigenvalue weighted by atomic mass is 17.5. The molecule has 1 aliphatic heterocycles. The van der Waals surface area contributed by atoms with Gasteiger partial charge in [-0.3, -0.25) is 0 Å². The van der Waals surface area contributed by atoms with Crippen LogP contribution in [-0.2, 0) is 14.8 Å². The van der Waals surface area contributed by atoms with Gasteiger partial charge < -0.3 is 0 Å². The van der Waals surface area contributed by atoms with Gasteiger partial charge in [-0.25, -0.2) is 9.78 Å². The monoisotopic (exact) mass is 384 g/mol. The zero-order chi connectivity index (χ0) is 19.1. The number of rotatable bonds is 0. The Labute approximate surface area is 169 Å². The average Bonchev–Trinajstić information content (AvgIpc) is 2.68. The van der Waals surface area contributed by atoms with Gasteiger partial charge in [0.25, 0.3) is 0 Å². The van der Waals surface area contributed by atoms with Gasteiger partial charge in [0.1, 0.15) is 0 Å². The molecule has 27 heavy (non-hydrogen) atoms. The summed E-state index contributed by atoms with van der Waals surface area (Å²) in [6, 6.07) is 0. The standard InChI is InChI=1S/C24H48O3/c1-2-4-6-8-10-12-14-16-18-20-22-24-26-27-25-23-21-19-17-15-13-11-9-7-5-3-1/h1-24H2. The van der Waals surface area contributed by atoms with Crippen LogP contribution >= 0.6 is 0 Å². The lowest BCUT2D eigenvalue weighted by molar-refractivity contribution is -0.512. The summed E-state index contributed by atoms with van der Waals surface area (Å²) in [7, 11) is 0. The Morgan fingerprint density at radius 3 is 0.630 bits per heavy atom. The normalized spacial score (nSPS) is 24.0. The SMILES string of the molecule is C1CCCCCCCCCCCCOOOCCCCCCCCCCC1. The zero-order valence-electron chi connectivity index (χ0n) is 18.2. The van der Waals surface area contributed by atoms with Gasteiger partial charge >= 0.3 is 0 Å². The molecule has 3 nitrogen and oxygen atoms in total. The maximum Gasteiger partial charge on any atom is 0.0853 e. The molecular weight excluding hydrogens is 336 g/mol. The summed E-state index contributed by atoms with van der Waals surface area (Å²) in [5, 5.41) is 4.80. The molecule has 1 heterocycles. The van der Waals surface area contributed by atoms with E-state index in [0.717, 1.165) is 12.8 Å². The van der Waals surface area contributed by atoms with Crippen molar-refractivity contribution in [2.24, 2.45) is 0 Å². The lowest BCUT2D eigenvalue weighted by Crippen LogP contribution is -2.00. The van der Waals surface area contributed by atoms with Crippen molar-refractivity contribution < 1.29 is 14.8 Å². The van der Waals surface area contributed by atoms with Gasteiger partial charge in [-0.15, -0.1) is 0 Å². The molecule has 0 unspecified atom stereocenters. The third kappa shape index (κ3) is 20.4. The van der Waals surface area contributed by atoms with Crippen LogP contribution in [0.25, 0.3) is 0 Å². The Balaban J connectivity index is 2.00. The van der Waals surface area contributed by atoms with E-state index in [0.29, 0.717) is 13.2 Å². The lowest BCUT2D eigenvalue weighted by Gasteiger charge is -2.04. The van der Waals surface area contributed by atoms with E-state index in [1.807, 2.05) is 0 Å². The second kappa shape index (κ2) is 22.2. The highest BCUT2D eigenvalue weighted by Crippen LogP contribution is 2.15. The maximum atomic E-state index is 5.08. The van der Waals surface area contributed by atoms with Gasteiger partial charge in [0, 0.05) is 0 Å². The van der Waals surface area contributed by atoms with E-state index in [-0.39, 0.29) is 0 Å². The van der Waals surface area contributed by atoms with Crippen LogP contribution in [0, 0.1) is 0 Å². The summed E-state index contributed by atoms with van der Waals surface area (Å²) in [6.45, 7) is 1.31. The van der Waals surface area contributed by atoms with Gasteiger partial charge in [0.05, 0.1) is 13.2 Å². The molecule has 0 atom stereocenters. The van der Waals surface area contributed by atoms with E-state index in [2.05, 4.69) is 0 Å². The fraction of sp³-hybridized carbons (Fsp3) is 1.00. The van der Waals surface area contributed by atoms with E-state index >= 15 is 0 Å². The predicted octanol–water partition coefficient (Wildman–Crippen LogP) is 8.46. The van der Waals surface area contributed by atoms with Gasteiger partial charge in [-0.05, 0) is 12.8 Å². The molecule has 0 amide bonds. The highest BCUT2D eigenvalue weighted by Gasteiger charge is 1.97. The molecule has 0 saturated carbocycles. The topological polar surface area (TPSA) is 27.7 Å². The second-order valence-corrected chi connectivity index (χ2v) is 8.49. The second-order valence-electron chi connectivity index (χ2n) is 8.49. The van der Waals surface area contributed by atoms with Crippen molar-refractivity contribution in [3.63, 3.8) is 0 Å². The Bertz CT molecular complexity index is 142. The van der Waals surface area contributed by atoms with Crippen LogP contribution in [0.1, 0.15) is 141 Å². The Hall–Kier alpha value is -0.120. The number of hydrogen-bond acceptors (Lipinski definition) is 3. The smallest absolute Gasteiger partial charge is 0.0853 e. The van der Waals surface area contributed by atoms with Gasteiger partial charge in [0.15, 0.2) is 0 Å². The third-order valence-electron chi connectivity index (χ3n) is 5.80. The summed E-state index contributed by atoms with van der Waals surface area (Å²) in [4.78, 5) is 10.2. The van der Waals surface area contributed by atoms with Crippen LogP contribution in [0.4, 0.5) is 0 Å². The number of hydrogen-bond donors (Lipinski definition) is 0. The molecule has 0 aromatic rings. The van der Waals surface area contributed by atoms with E-state index in [4.69, 9.17) is 14.8 Å². The Morgan fingerprint density at radius 1 is 0.222 bits per heavy atom. The van der Waals surface area contributed by atoms with Crippen LogP contribution in [0.5, 0.6) is 0 Å². The quantitative estimate of drug-likeness (QED) is 0.392. The Morgan fingerprint density at radius 2 is 0.407 bits per heavy atom. The molecule has 0 aromatic heterocycles. The first kappa shape index (κ1) is 24.9. The summed E-state index contributed by atoms with van der Waals surface area (Å²) in [5.41, 5.74) is 0. The minimum absolute atomic E-state index is 0.653. The molecule has 0 N–H and O–H groups in total. The van der Waals surface area contributed by atoms with E-state index < -0.39 is 0 Å². The highest BCUT2D eigenvalue weighted by molar-refractivity contribution is 4.51. The van der Waals surface area contributed by atoms with E-state index in [1.54, 1.807) is 0 Å². The maximum absolute atomic E-state index is 5.08. The van der Waals surface area contributed by atoms with Crippen LogP contribution in [0.3, 0.4) is 0 Å². The predicted molar refractivity (Wildman–Crippen MR) is 115 cm³/mol. The zero-order valence-corrected chi connectivity index (χ0v) is 18.2. The fourth-order valence-electron chi connectivity index (χ4n) is 3.96. The third-order valence-corrected chi connectivity index (χ3v) is 5.80. The molecule has 162 valence electrons. The van der Waals surface area contributed by atoms with Gasteiger partial charge in [-0.2, -0.15) is 0 Å². The van der Waals surface area contributed by atoms with Gasteiger partial charge in [-0.1, -0.05) is 133 Å². The van der Waals surface area contributed by atoms with Crippen molar-refractivity contribution in [1.29, 1.82) is 0 Å². The molecule has 3 heteroatoms. The first-order valence-electron chi connectivity index (χ1n) is 12.4. The van der Waals surface area contributed by atoms with Crippen molar-refractivity contribution in [2.45, 2.75) is 141 Å². The minimum atomic E-state index is 0.653. The molecule has 0 aromatic carbocycles. The Kier molecular flexibility index (Phi) is 20.5. The summed E-state index contributed by atoms with van der Waals surface area (Å²) in [5.74, 6) is 0. The molecule has 0 radical (unpaired) electrons. The molecule has 1 saturated heterocycles. The molecular formula is C24H48O3. The lowest BCUT2D eigenvalue weighted by atomic mass is 10.0. The van der Waals surface area contributed by atoms with Crippen molar-refractivity contribution in [1.82, 2.24) is 0 Å². The summed E-state index contributed by atoms with van der Waals surface area (Å²) in [6.07, 6.45) is 30.2. The molecule has 1 aliphatic rings. The van der Waals surface area contributed by atoms with Crippen LogP contribution in [0.2, 0.25) is 0 Å². The largest absolute Gasteiger partial charge is 0.206 e. The first-order chi connectivity index (χ1) is 13.5. The van der Waals surface area contributed by atoms with Gasteiger partial charge in [0.2, 0.25) is 0 Å². The molecule has 1 rings (SSSR count). The minimum Gasteiger partial charge on any atom is -0.206 e. The molecule has 1 fully saturated rings. The van der Waals surface area contributed by atoms with Crippen LogP contribution in [0.15, 0.2) is 0 Å². The fourth-order valence-corrected chi connectivity index (χ4v) is 3.96. The van der Waals surface area contributed by atoms with Crippen molar-refractivity contribution in [2.75, 3.05) is 13.2 Å². The van der Waals surface area contributed by atoms with Crippen LogP contribution in [-0.4, -0.2) is 13.2 Å². The van der Waals surface area contributed by atoms with E-state index in [9.17, 15) is 0 Å². The van der Waals surface area contributed by atoms with Crippen molar-refractivity contribution in [3.8, 4) is 0 Å². The summed E-state index contributed by atoms with van der Waals surface area (Å²) >= 11 is 0. The summed E-state index contributed by atoms with van der Waals surface area (Å²) < 4.78 is 0.